The Bertz CT molecular complexity index is 5320. The molecular weight excluding hydrogens is 1230 g/mol. The van der Waals surface area contributed by atoms with Crippen molar-refractivity contribution in [2.75, 3.05) is 19.6 Å². The van der Waals surface area contributed by atoms with Crippen molar-refractivity contribution in [3.05, 3.63) is 418 Å². The molecule has 0 amide bonds. The van der Waals surface area contributed by atoms with Gasteiger partial charge in [0.15, 0.2) is 0 Å². The molecule has 2 aliphatic carbocycles. The van der Waals surface area contributed by atoms with Crippen LogP contribution in [0.4, 0.5) is 56.9 Å². The standard InChI is InChI=1S/C98H74N4/c1-9-25-71(26-10-1)75-41-53-85(54-42-75)99(86-55-43-76(44-56-86)72-27-11-2-12-28-72)89-61-49-79(50-62-89)97-93-67-65-92(102(83-37-21-7-22-38-83)84-39-23-8-24-40-84)70-96(93)98(94-68-66-91(69-95(94)97)101(81-33-17-5-18-34-81)82-35-19-6-20-36-82)80-51-63-90(64-52-80)100(87-57-45-77(46-58-87)73-29-13-3-14-30-73)88-59-47-78(48-60-88)74-31-15-4-16-32-74/h1-39,41-49,51-61,63-70,84H,40,50,62H2. The average molecular weight is 1310 g/mol. The van der Waals surface area contributed by atoms with E-state index < -0.39 is 0 Å². The van der Waals surface area contributed by atoms with E-state index in [1.54, 1.807) is 0 Å². The van der Waals surface area contributed by atoms with E-state index in [-0.39, 0.29) is 6.04 Å². The predicted molar refractivity (Wildman–Crippen MR) is 434 cm³/mol. The quantitative estimate of drug-likeness (QED) is 0.0794. The molecule has 0 fully saturated rings. The Labute approximate surface area is 598 Å². The molecule has 1 atom stereocenters. The highest BCUT2D eigenvalue weighted by Crippen LogP contribution is 2.50. The summed E-state index contributed by atoms with van der Waals surface area (Å²) in [5.41, 5.74) is 26.6. The number of allylic oxidation sites excluding steroid dienone is 6. The number of anilines is 10. The van der Waals surface area contributed by atoms with Crippen LogP contribution in [0.3, 0.4) is 0 Å². The number of nitrogens with zero attached hydrogens (tertiary/aromatic N) is 4. The third-order valence-corrected chi connectivity index (χ3v) is 20.1. The van der Waals surface area contributed by atoms with Crippen LogP contribution in [0.5, 0.6) is 0 Å². The average Bonchev–Trinajstić information content (AvgIpc) is 0.721. The van der Waals surface area contributed by atoms with Crippen molar-refractivity contribution in [2.45, 2.75) is 25.3 Å². The summed E-state index contributed by atoms with van der Waals surface area (Å²) in [4.78, 5) is 9.79. The van der Waals surface area contributed by atoms with E-state index in [1.807, 2.05) is 0 Å². The van der Waals surface area contributed by atoms with Crippen molar-refractivity contribution in [1.29, 1.82) is 0 Å². The van der Waals surface area contributed by atoms with Crippen LogP contribution >= 0.6 is 0 Å². The lowest BCUT2D eigenvalue weighted by molar-refractivity contribution is 0.785. The largest absolute Gasteiger partial charge is 0.334 e. The van der Waals surface area contributed by atoms with Crippen LogP contribution in [0.15, 0.2) is 412 Å². The Hall–Kier alpha value is -13.0. The van der Waals surface area contributed by atoms with Crippen LogP contribution in [0.2, 0.25) is 0 Å². The summed E-state index contributed by atoms with van der Waals surface area (Å²) in [7, 11) is 0. The van der Waals surface area contributed by atoms with Gasteiger partial charge in [-0.2, -0.15) is 0 Å². The van der Waals surface area contributed by atoms with Crippen LogP contribution in [-0.2, 0) is 0 Å². The van der Waals surface area contributed by atoms with Gasteiger partial charge in [-0.1, -0.05) is 279 Å². The Morgan fingerprint density at radius 3 is 0.951 bits per heavy atom. The van der Waals surface area contributed by atoms with Crippen LogP contribution in [0, 0.1) is 0 Å². The van der Waals surface area contributed by atoms with Gasteiger partial charge < -0.3 is 19.6 Å². The lowest BCUT2D eigenvalue weighted by Gasteiger charge is -2.33. The molecule has 17 rings (SSSR count). The van der Waals surface area contributed by atoms with Gasteiger partial charge in [0.05, 0.1) is 6.04 Å². The fraction of sp³-hybridized carbons (Fsp3) is 0.0408. The van der Waals surface area contributed by atoms with Gasteiger partial charge in [0.1, 0.15) is 0 Å². The molecule has 0 radical (unpaired) electrons. The lowest BCUT2D eigenvalue weighted by Crippen LogP contribution is -2.29. The zero-order valence-electron chi connectivity index (χ0n) is 56.7. The maximum atomic E-state index is 2.53. The Morgan fingerprint density at radius 1 is 0.225 bits per heavy atom. The van der Waals surface area contributed by atoms with Crippen molar-refractivity contribution >= 4 is 84.0 Å². The summed E-state index contributed by atoms with van der Waals surface area (Å²) >= 11 is 0. The topological polar surface area (TPSA) is 13.0 Å². The van der Waals surface area contributed by atoms with Crippen molar-refractivity contribution in [3.8, 4) is 55.6 Å². The second-order valence-corrected chi connectivity index (χ2v) is 26.3. The van der Waals surface area contributed by atoms with Gasteiger partial charge in [0.2, 0.25) is 0 Å². The first-order chi connectivity index (χ1) is 50.6. The van der Waals surface area contributed by atoms with Crippen LogP contribution in [0.1, 0.15) is 24.8 Å². The Balaban J connectivity index is 0.870. The highest BCUT2D eigenvalue weighted by atomic mass is 15.2. The number of para-hydroxylation sites is 3. The maximum Gasteiger partial charge on any atom is 0.0559 e. The molecule has 4 heteroatoms. The Morgan fingerprint density at radius 2 is 0.549 bits per heavy atom. The monoisotopic (exact) mass is 1310 g/mol. The lowest BCUT2D eigenvalue weighted by atomic mass is 9.83. The second-order valence-electron chi connectivity index (χ2n) is 26.3. The van der Waals surface area contributed by atoms with E-state index in [9.17, 15) is 0 Å². The van der Waals surface area contributed by atoms with Crippen LogP contribution in [-0.4, -0.2) is 6.04 Å². The van der Waals surface area contributed by atoms with Crippen LogP contribution in [0.25, 0.3) is 82.8 Å². The van der Waals surface area contributed by atoms with E-state index in [4.69, 9.17) is 0 Å². The van der Waals surface area contributed by atoms with Gasteiger partial charge in [0, 0.05) is 62.6 Å². The molecule has 0 spiro atoms. The SMILES string of the molecule is C1=CCC(N(c2ccccc2)c2ccc3c(C4=CC=C(N(c5ccc(-c6ccccc6)cc5)c5ccc(-c6ccccc6)cc5)CC4)c4cc(N(c5ccccc5)c5ccccc5)ccc4c(-c4ccc(N(c5ccc(-c6ccccc6)cc5)c5ccc(-c6ccccc6)cc5)cc4)c3c2)C=C1. The van der Waals surface area contributed by atoms with Gasteiger partial charge in [0.25, 0.3) is 0 Å². The third kappa shape index (κ3) is 12.7. The molecule has 15 aromatic carbocycles. The van der Waals surface area contributed by atoms with Gasteiger partial charge in [-0.15, -0.1) is 0 Å². The summed E-state index contributed by atoms with van der Waals surface area (Å²) in [6.07, 6.45) is 16.3. The molecule has 0 saturated heterocycles. The fourth-order valence-corrected chi connectivity index (χ4v) is 15.1. The smallest absolute Gasteiger partial charge is 0.0559 e. The summed E-state index contributed by atoms with van der Waals surface area (Å²) in [5.74, 6) is 0. The maximum absolute atomic E-state index is 2.53. The first kappa shape index (κ1) is 62.5. The van der Waals surface area contributed by atoms with E-state index in [0.29, 0.717) is 0 Å². The summed E-state index contributed by atoms with van der Waals surface area (Å²) in [5, 5.41) is 4.76. The van der Waals surface area contributed by atoms with Crippen molar-refractivity contribution < 1.29 is 0 Å². The van der Waals surface area contributed by atoms with Crippen molar-refractivity contribution in [1.82, 2.24) is 0 Å². The number of benzene rings is 15. The summed E-state index contributed by atoms with van der Waals surface area (Å²) in [6, 6.07) is 135. The van der Waals surface area contributed by atoms with E-state index >= 15 is 0 Å². The highest BCUT2D eigenvalue weighted by molar-refractivity contribution is 6.20. The molecule has 0 bridgehead atoms. The van der Waals surface area contributed by atoms with E-state index in [2.05, 4.69) is 426 Å². The molecule has 0 N–H and O–H groups in total. The van der Waals surface area contributed by atoms with Crippen molar-refractivity contribution in [2.24, 2.45) is 0 Å². The molecule has 15 aromatic rings. The molecule has 0 saturated carbocycles. The van der Waals surface area contributed by atoms with Gasteiger partial charge in [-0.05, 0) is 235 Å². The van der Waals surface area contributed by atoms with Gasteiger partial charge in [-0.3, -0.25) is 0 Å². The molecule has 4 nitrogen and oxygen atoms in total. The molecule has 2 aliphatic rings. The Kier molecular flexibility index (Phi) is 17.4. The van der Waals surface area contributed by atoms with Gasteiger partial charge >= 0.3 is 0 Å². The van der Waals surface area contributed by atoms with E-state index in [1.165, 1.54) is 88.4 Å². The normalized spacial score (nSPS) is 13.3. The summed E-state index contributed by atoms with van der Waals surface area (Å²) in [6.45, 7) is 0. The number of rotatable bonds is 18. The molecule has 1 unspecified atom stereocenters. The second kappa shape index (κ2) is 28.4. The number of hydrogen-bond acceptors (Lipinski definition) is 4. The minimum absolute atomic E-state index is 0.105. The molecular formula is C98H74N4. The minimum Gasteiger partial charge on any atom is -0.334 e. The molecule has 486 valence electrons. The predicted octanol–water partition coefficient (Wildman–Crippen LogP) is 27.2. The molecule has 0 heterocycles. The van der Waals surface area contributed by atoms with Crippen molar-refractivity contribution in [3.63, 3.8) is 0 Å². The van der Waals surface area contributed by atoms with Crippen LogP contribution < -0.4 is 19.6 Å². The third-order valence-electron chi connectivity index (χ3n) is 20.1. The zero-order chi connectivity index (χ0) is 68.0. The minimum atomic E-state index is 0.105. The van der Waals surface area contributed by atoms with E-state index in [0.717, 1.165) is 81.7 Å². The zero-order valence-corrected chi connectivity index (χ0v) is 56.7. The first-order valence-corrected chi connectivity index (χ1v) is 35.4. The highest BCUT2D eigenvalue weighted by Gasteiger charge is 2.27. The molecule has 0 aromatic heterocycles. The molecule has 0 aliphatic heterocycles. The number of fused-ring (bicyclic) bond motifs is 2. The number of hydrogen-bond donors (Lipinski definition) is 0. The van der Waals surface area contributed by atoms with Gasteiger partial charge in [-0.25, -0.2) is 0 Å². The summed E-state index contributed by atoms with van der Waals surface area (Å²) < 4.78 is 0. The fourth-order valence-electron chi connectivity index (χ4n) is 15.1. The molecule has 102 heavy (non-hydrogen) atoms. The first-order valence-electron chi connectivity index (χ1n) is 35.4.